The Morgan fingerprint density at radius 3 is 2.50 bits per heavy atom. The fourth-order valence-corrected chi connectivity index (χ4v) is 2.51. The topological polar surface area (TPSA) is 66.4 Å². The van der Waals surface area contributed by atoms with Gasteiger partial charge in [0.25, 0.3) is 0 Å². The number of amides is 1. The second kappa shape index (κ2) is 13.6. The van der Waals surface area contributed by atoms with Crippen LogP contribution < -0.4 is 5.32 Å². The van der Waals surface area contributed by atoms with Gasteiger partial charge in [0, 0.05) is 18.9 Å². The lowest BCUT2D eigenvalue weighted by atomic mass is 9.82. The Morgan fingerprint density at radius 2 is 1.83 bits per heavy atom. The Labute approximate surface area is 146 Å². The van der Waals surface area contributed by atoms with Crippen LogP contribution in [-0.4, -0.2) is 23.5 Å². The molecule has 0 aromatic carbocycles. The first-order valence-corrected chi connectivity index (χ1v) is 9.01. The third-order valence-corrected chi connectivity index (χ3v) is 3.93. The van der Waals surface area contributed by atoms with Gasteiger partial charge < -0.3 is 10.4 Å². The lowest BCUT2D eigenvalue weighted by molar-refractivity contribution is -0.137. The number of carbonyl (C=O) groups is 2. The number of carbonyl (C=O) groups excluding carboxylic acids is 1. The van der Waals surface area contributed by atoms with Crippen molar-refractivity contribution in [2.24, 2.45) is 5.92 Å². The van der Waals surface area contributed by atoms with Crippen molar-refractivity contribution in [1.29, 1.82) is 0 Å². The molecule has 1 saturated carbocycles. The van der Waals surface area contributed by atoms with Crippen LogP contribution in [0.1, 0.15) is 65.2 Å². The molecule has 0 radical (unpaired) electrons. The van der Waals surface area contributed by atoms with Gasteiger partial charge in [-0.3, -0.25) is 9.59 Å². The lowest BCUT2D eigenvalue weighted by Gasteiger charge is -2.23. The number of carboxylic acid groups (broad SMARTS) is 1. The molecule has 0 spiro atoms. The van der Waals surface area contributed by atoms with Crippen LogP contribution in [0.15, 0.2) is 36.5 Å². The van der Waals surface area contributed by atoms with E-state index in [2.05, 4.69) is 18.5 Å². The van der Waals surface area contributed by atoms with E-state index in [4.69, 9.17) is 5.11 Å². The summed E-state index contributed by atoms with van der Waals surface area (Å²) in [6.07, 6.45) is 10.0. The molecule has 1 atom stereocenters. The summed E-state index contributed by atoms with van der Waals surface area (Å²) in [5, 5.41) is 11.4. The first kappa shape index (κ1) is 22.2. The first-order valence-electron chi connectivity index (χ1n) is 9.01. The highest BCUT2D eigenvalue weighted by atomic mass is 16.4. The number of unbranched alkanes of at least 4 members (excludes halogenated alkanes) is 3. The molecule has 0 aromatic heterocycles. The SMILES string of the molecule is C=C1CCC(=C)C(/C=C/C(=O)NCCCCCCC(=O)O)C1.CC. The molecular weight excluding hydrogens is 302 g/mol. The van der Waals surface area contributed by atoms with Gasteiger partial charge >= 0.3 is 5.97 Å². The van der Waals surface area contributed by atoms with E-state index in [-0.39, 0.29) is 18.2 Å². The summed E-state index contributed by atoms with van der Waals surface area (Å²) in [5.74, 6) is -0.581. The molecule has 1 rings (SSSR count). The van der Waals surface area contributed by atoms with Crippen LogP contribution in [0.3, 0.4) is 0 Å². The van der Waals surface area contributed by atoms with E-state index in [1.807, 2.05) is 19.9 Å². The molecule has 0 heterocycles. The van der Waals surface area contributed by atoms with Gasteiger partial charge in [0.15, 0.2) is 0 Å². The molecule has 1 amide bonds. The molecule has 0 aliphatic heterocycles. The molecule has 4 nitrogen and oxygen atoms in total. The Hall–Kier alpha value is -1.84. The molecule has 1 aliphatic rings. The number of aliphatic carboxylic acids is 1. The molecule has 1 fully saturated rings. The van der Waals surface area contributed by atoms with Gasteiger partial charge in [-0.1, -0.05) is 57.1 Å². The van der Waals surface area contributed by atoms with Crippen molar-refractivity contribution < 1.29 is 14.7 Å². The van der Waals surface area contributed by atoms with Crippen LogP contribution in [0.25, 0.3) is 0 Å². The maximum absolute atomic E-state index is 11.7. The van der Waals surface area contributed by atoms with Crippen molar-refractivity contribution in [3.63, 3.8) is 0 Å². The summed E-state index contributed by atoms with van der Waals surface area (Å²) in [7, 11) is 0. The number of hydrogen-bond acceptors (Lipinski definition) is 2. The first-order chi connectivity index (χ1) is 11.5. The number of hydrogen-bond donors (Lipinski definition) is 2. The van der Waals surface area contributed by atoms with Gasteiger partial charge in [-0.2, -0.15) is 0 Å². The highest BCUT2D eigenvalue weighted by molar-refractivity contribution is 5.87. The highest BCUT2D eigenvalue weighted by Gasteiger charge is 2.16. The Balaban J connectivity index is 0.00000254. The van der Waals surface area contributed by atoms with Gasteiger partial charge in [-0.05, 0) is 38.2 Å². The van der Waals surface area contributed by atoms with Crippen molar-refractivity contribution in [2.45, 2.75) is 65.2 Å². The average Bonchev–Trinajstić information content (AvgIpc) is 2.56. The third-order valence-electron chi connectivity index (χ3n) is 3.93. The summed E-state index contributed by atoms with van der Waals surface area (Å²) in [5.41, 5.74) is 2.40. The van der Waals surface area contributed by atoms with Gasteiger partial charge in [0.2, 0.25) is 5.91 Å². The molecule has 4 heteroatoms. The molecule has 2 N–H and O–H groups in total. The van der Waals surface area contributed by atoms with Crippen LogP contribution >= 0.6 is 0 Å². The number of nitrogens with one attached hydrogen (secondary N) is 1. The van der Waals surface area contributed by atoms with E-state index in [0.717, 1.165) is 38.5 Å². The van der Waals surface area contributed by atoms with Gasteiger partial charge in [-0.25, -0.2) is 0 Å². The van der Waals surface area contributed by atoms with Gasteiger partial charge in [-0.15, -0.1) is 0 Å². The van der Waals surface area contributed by atoms with Crippen molar-refractivity contribution >= 4 is 11.9 Å². The lowest BCUT2D eigenvalue weighted by Crippen LogP contribution is -2.22. The number of allylic oxidation sites excluding steroid dienone is 3. The minimum Gasteiger partial charge on any atom is -0.481 e. The van der Waals surface area contributed by atoms with E-state index in [1.54, 1.807) is 6.08 Å². The largest absolute Gasteiger partial charge is 0.481 e. The summed E-state index contributed by atoms with van der Waals surface area (Å²) in [6, 6.07) is 0. The zero-order chi connectivity index (χ0) is 18.4. The Morgan fingerprint density at radius 1 is 1.17 bits per heavy atom. The second-order valence-electron chi connectivity index (χ2n) is 5.93. The third kappa shape index (κ3) is 10.8. The predicted molar refractivity (Wildman–Crippen MR) is 99.8 cm³/mol. The van der Waals surface area contributed by atoms with Crippen molar-refractivity contribution in [1.82, 2.24) is 5.32 Å². The van der Waals surface area contributed by atoms with Gasteiger partial charge in [0.1, 0.15) is 0 Å². The minimum absolute atomic E-state index is 0.0745. The van der Waals surface area contributed by atoms with E-state index in [1.165, 1.54) is 11.1 Å². The molecule has 0 aromatic rings. The summed E-state index contributed by atoms with van der Waals surface area (Å²) in [4.78, 5) is 22.1. The maximum atomic E-state index is 11.7. The molecule has 1 aliphatic carbocycles. The molecule has 1 unspecified atom stereocenters. The van der Waals surface area contributed by atoms with E-state index in [9.17, 15) is 9.59 Å². The van der Waals surface area contributed by atoms with Gasteiger partial charge in [0.05, 0.1) is 0 Å². The summed E-state index contributed by atoms with van der Waals surface area (Å²) >= 11 is 0. The molecule has 0 bridgehead atoms. The number of carboxylic acids is 1. The minimum atomic E-state index is -0.745. The zero-order valence-electron chi connectivity index (χ0n) is 15.3. The van der Waals surface area contributed by atoms with E-state index < -0.39 is 5.97 Å². The molecule has 24 heavy (non-hydrogen) atoms. The highest BCUT2D eigenvalue weighted by Crippen LogP contribution is 2.31. The normalized spacial score (nSPS) is 17.3. The van der Waals surface area contributed by atoms with E-state index >= 15 is 0 Å². The molecular formula is C20H33NO3. The van der Waals surface area contributed by atoms with Crippen LogP contribution in [0, 0.1) is 5.92 Å². The molecule has 136 valence electrons. The fraction of sp³-hybridized carbons (Fsp3) is 0.600. The maximum Gasteiger partial charge on any atom is 0.303 e. The Bertz CT molecular complexity index is 452. The van der Waals surface area contributed by atoms with Crippen LogP contribution in [0.4, 0.5) is 0 Å². The van der Waals surface area contributed by atoms with E-state index in [0.29, 0.717) is 13.0 Å². The van der Waals surface area contributed by atoms with Crippen molar-refractivity contribution in [3.8, 4) is 0 Å². The summed E-state index contributed by atoms with van der Waals surface area (Å²) < 4.78 is 0. The fourth-order valence-electron chi connectivity index (χ4n) is 2.51. The summed E-state index contributed by atoms with van der Waals surface area (Å²) in [6.45, 7) is 12.7. The number of rotatable bonds is 9. The molecule has 0 saturated heterocycles. The predicted octanol–water partition coefficient (Wildman–Crippen LogP) is 4.63. The zero-order valence-corrected chi connectivity index (χ0v) is 15.3. The van der Waals surface area contributed by atoms with Crippen LogP contribution in [0.2, 0.25) is 0 Å². The average molecular weight is 335 g/mol. The van der Waals surface area contributed by atoms with Crippen molar-refractivity contribution in [3.05, 3.63) is 36.5 Å². The second-order valence-corrected chi connectivity index (χ2v) is 5.93. The Kier molecular flexibility index (Phi) is 12.5. The standard InChI is InChI=1S/C18H27NO3.C2H6/c1-14-8-9-15(2)16(13-14)10-11-17(20)19-12-6-4-3-5-7-18(21)22;1-2/h10-11,16H,1-9,12-13H2,(H,19,20)(H,21,22);1-2H3/b11-10+;. The van der Waals surface area contributed by atoms with Crippen LogP contribution in [-0.2, 0) is 9.59 Å². The van der Waals surface area contributed by atoms with Crippen LogP contribution in [0.5, 0.6) is 0 Å². The monoisotopic (exact) mass is 335 g/mol. The smallest absolute Gasteiger partial charge is 0.303 e. The quantitative estimate of drug-likeness (QED) is 0.367. The van der Waals surface area contributed by atoms with Crippen molar-refractivity contribution in [2.75, 3.05) is 6.54 Å².